The third-order valence-corrected chi connectivity index (χ3v) is 5.88. The molecule has 1 atom stereocenters. The average molecular weight is 443 g/mol. The largest absolute Gasteiger partial charge is 0.360 e. The topological polar surface area (TPSA) is 69.5 Å². The Morgan fingerprint density at radius 2 is 2.00 bits per heavy atom. The van der Waals surface area contributed by atoms with E-state index in [4.69, 9.17) is 10.00 Å². The van der Waals surface area contributed by atoms with Crippen molar-refractivity contribution in [1.82, 2.24) is 9.88 Å². The van der Waals surface area contributed by atoms with E-state index in [0.29, 0.717) is 38.0 Å². The molecule has 0 aliphatic heterocycles. The van der Waals surface area contributed by atoms with Gasteiger partial charge >= 0.3 is 0 Å². The monoisotopic (exact) mass is 442 g/mol. The number of ether oxygens (including phenoxy) is 1. The molecule has 2 aromatic rings. The second-order valence-electron chi connectivity index (χ2n) is 7.97. The van der Waals surface area contributed by atoms with Crippen LogP contribution in [-0.4, -0.2) is 48.1 Å². The number of nitriles is 1. The molecule has 32 heavy (non-hydrogen) atoms. The van der Waals surface area contributed by atoms with E-state index < -0.39 is 17.2 Å². The van der Waals surface area contributed by atoms with Gasteiger partial charge in [-0.3, -0.25) is 4.79 Å². The summed E-state index contributed by atoms with van der Waals surface area (Å²) in [5, 5.41) is 8.96. The summed E-state index contributed by atoms with van der Waals surface area (Å²) in [5.41, 5.74) is -0.260. The minimum absolute atomic E-state index is 0.0279. The molecule has 0 spiro atoms. The highest BCUT2D eigenvalue weighted by Gasteiger charge is 2.48. The number of likely N-dealkylation sites (N-methyl/N-ethyl adjacent to an activating group) is 2. The average Bonchev–Trinajstić information content (AvgIpc) is 3.59. The van der Waals surface area contributed by atoms with Crippen LogP contribution in [0.25, 0.3) is 0 Å². The lowest BCUT2D eigenvalue weighted by Gasteiger charge is -2.33. The van der Waals surface area contributed by atoms with Gasteiger partial charge in [0.15, 0.2) is 11.6 Å². The molecular formula is C24H28F2N4O2. The molecule has 6 nitrogen and oxygen atoms in total. The molecule has 1 aromatic heterocycles. The SMILES string of the molecule is CCN(CC(C)N(CC)c1ccc(C#N)cn1)C(=O)COC1(c2cccc(F)c2F)CC1. The van der Waals surface area contributed by atoms with Crippen molar-refractivity contribution in [3.63, 3.8) is 0 Å². The molecular weight excluding hydrogens is 414 g/mol. The van der Waals surface area contributed by atoms with E-state index in [-0.39, 0.29) is 24.1 Å². The van der Waals surface area contributed by atoms with Crippen LogP contribution in [0.1, 0.15) is 44.7 Å². The van der Waals surface area contributed by atoms with Crippen LogP contribution < -0.4 is 4.90 Å². The Hall–Kier alpha value is -3.05. The van der Waals surface area contributed by atoms with Gasteiger partial charge in [0, 0.05) is 37.4 Å². The number of pyridine rings is 1. The number of halogens is 2. The summed E-state index contributed by atoms with van der Waals surface area (Å²) in [7, 11) is 0. The Balaban J connectivity index is 1.62. The van der Waals surface area contributed by atoms with Crippen molar-refractivity contribution in [2.24, 2.45) is 0 Å². The molecule has 8 heteroatoms. The molecule has 1 amide bonds. The highest BCUT2D eigenvalue weighted by atomic mass is 19.2. The molecule has 170 valence electrons. The first-order chi connectivity index (χ1) is 15.3. The van der Waals surface area contributed by atoms with Gasteiger partial charge in [-0.05, 0) is 51.8 Å². The van der Waals surface area contributed by atoms with E-state index in [0.717, 1.165) is 11.9 Å². The lowest BCUT2D eigenvalue weighted by Crippen LogP contribution is -2.46. The van der Waals surface area contributed by atoms with Crippen molar-refractivity contribution in [2.75, 3.05) is 31.1 Å². The van der Waals surface area contributed by atoms with Gasteiger partial charge in [0.1, 0.15) is 18.5 Å². The van der Waals surface area contributed by atoms with E-state index in [9.17, 15) is 13.6 Å². The Kier molecular flexibility index (Phi) is 7.41. The predicted molar refractivity (Wildman–Crippen MR) is 117 cm³/mol. The Morgan fingerprint density at radius 1 is 1.25 bits per heavy atom. The zero-order valence-corrected chi connectivity index (χ0v) is 18.6. The van der Waals surface area contributed by atoms with Crippen LogP contribution in [-0.2, 0) is 15.1 Å². The van der Waals surface area contributed by atoms with Crippen LogP contribution in [0.2, 0.25) is 0 Å². The quantitative estimate of drug-likeness (QED) is 0.556. The third-order valence-electron chi connectivity index (χ3n) is 5.88. The Bertz CT molecular complexity index is 986. The summed E-state index contributed by atoms with van der Waals surface area (Å²) in [6, 6.07) is 9.58. The number of benzene rings is 1. The smallest absolute Gasteiger partial charge is 0.248 e. The number of carbonyl (C=O) groups is 1. The molecule has 0 bridgehead atoms. The Labute approximate surface area is 187 Å². The van der Waals surface area contributed by atoms with Crippen molar-refractivity contribution in [3.8, 4) is 6.07 Å². The number of nitrogens with zero attached hydrogens (tertiary/aromatic N) is 4. The normalized spacial score (nSPS) is 15.0. The fourth-order valence-electron chi connectivity index (χ4n) is 3.90. The van der Waals surface area contributed by atoms with E-state index in [1.807, 2.05) is 20.8 Å². The van der Waals surface area contributed by atoms with E-state index in [1.54, 1.807) is 17.0 Å². The lowest BCUT2D eigenvalue weighted by molar-refractivity contribution is -0.139. The molecule has 3 rings (SSSR count). The highest BCUT2D eigenvalue weighted by Crippen LogP contribution is 2.50. The first-order valence-electron chi connectivity index (χ1n) is 10.8. The second kappa shape index (κ2) is 10.0. The maximum atomic E-state index is 14.2. The number of amides is 1. The standard InChI is InChI=1S/C24H28F2N4O2/c1-4-29(15-17(3)30(5-2)21-10-9-18(13-27)14-28-21)22(31)16-32-24(11-12-24)19-7-6-8-20(25)23(19)26/h6-10,14,17H,4-5,11-12,15-16H2,1-3H3. The van der Waals surface area contributed by atoms with Crippen LogP contribution in [0.15, 0.2) is 36.5 Å². The summed E-state index contributed by atoms with van der Waals surface area (Å²) in [6.45, 7) is 7.33. The van der Waals surface area contributed by atoms with Gasteiger partial charge in [0.2, 0.25) is 5.91 Å². The fraction of sp³-hybridized carbons (Fsp3) is 0.458. The van der Waals surface area contributed by atoms with Gasteiger partial charge in [-0.15, -0.1) is 0 Å². The molecule has 1 unspecified atom stereocenters. The van der Waals surface area contributed by atoms with Crippen LogP contribution in [0, 0.1) is 23.0 Å². The fourth-order valence-corrected chi connectivity index (χ4v) is 3.90. The van der Waals surface area contributed by atoms with Gasteiger partial charge in [-0.1, -0.05) is 12.1 Å². The minimum atomic E-state index is -0.922. The highest BCUT2D eigenvalue weighted by molar-refractivity contribution is 5.77. The van der Waals surface area contributed by atoms with E-state index in [2.05, 4.69) is 16.0 Å². The predicted octanol–water partition coefficient (Wildman–Crippen LogP) is 4.00. The number of hydrogen-bond donors (Lipinski definition) is 0. The van der Waals surface area contributed by atoms with Gasteiger partial charge < -0.3 is 14.5 Å². The van der Waals surface area contributed by atoms with Gasteiger partial charge in [-0.2, -0.15) is 5.26 Å². The molecule has 0 radical (unpaired) electrons. The maximum absolute atomic E-state index is 14.2. The third kappa shape index (κ3) is 5.05. The van der Waals surface area contributed by atoms with Crippen molar-refractivity contribution >= 4 is 11.7 Å². The zero-order valence-electron chi connectivity index (χ0n) is 18.6. The first-order valence-corrected chi connectivity index (χ1v) is 10.8. The van der Waals surface area contributed by atoms with Crippen LogP contribution in [0.5, 0.6) is 0 Å². The number of hydrogen-bond acceptors (Lipinski definition) is 5. The molecule has 1 aliphatic carbocycles. The molecule has 1 saturated carbocycles. The summed E-state index contributed by atoms with van der Waals surface area (Å²) in [5.74, 6) is -1.29. The molecule has 1 aliphatic rings. The number of anilines is 1. The minimum Gasteiger partial charge on any atom is -0.360 e. The van der Waals surface area contributed by atoms with Crippen LogP contribution in [0.4, 0.5) is 14.6 Å². The lowest BCUT2D eigenvalue weighted by atomic mass is 10.1. The summed E-state index contributed by atoms with van der Waals surface area (Å²) in [6.07, 6.45) is 2.64. The van der Waals surface area contributed by atoms with Crippen LogP contribution >= 0.6 is 0 Å². The van der Waals surface area contributed by atoms with E-state index >= 15 is 0 Å². The zero-order chi connectivity index (χ0) is 23.3. The van der Waals surface area contributed by atoms with E-state index in [1.165, 1.54) is 18.3 Å². The van der Waals surface area contributed by atoms with Crippen molar-refractivity contribution < 1.29 is 18.3 Å². The second-order valence-corrected chi connectivity index (χ2v) is 7.97. The summed E-state index contributed by atoms with van der Waals surface area (Å²) < 4.78 is 33.7. The van der Waals surface area contributed by atoms with Crippen molar-refractivity contribution in [3.05, 3.63) is 59.3 Å². The van der Waals surface area contributed by atoms with Crippen LogP contribution in [0.3, 0.4) is 0 Å². The summed E-state index contributed by atoms with van der Waals surface area (Å²) >= 11 is 0. The maximum Gasteiger partial charge on any atom is 0.248 e. The molecule has 0 saturated heterocycles. The van der Waals surface area contributed by atoms with Crippen molar-refractivity contribution in [1.29, 1.82) is 5.26 Å². The number of aromatic nitrogens is 1. The molecule has 1 heterocycles. The molecule has 0 N–H and O–H groups in total. The first kappa shape index (κ1) is 23.6. The Morgan fingerprint density at radius 3 is 2.56 bits per heavy atom. The molecule has 1 fully saturated rings. The van der Waals surface area contributed by atoms with Gasteiger partial charge in [0.05, 0.1) is 11.2 Å². The molecule has 1 aromatic carbocycles. The number of carbonyl (C=O) groups excluding carboxylic acids is 1. The summed E-state index contributed by atoms with van der Waals surface area (Å²) in [4.78, 5) is 21.0. The van der Waals surface area contributed by atoms with Crippen molar-refractivity contribution in [2.45, 2.75) is 45.3 Å². The van der Waals surface area contributed by atoms with Gasteiger partial charge in [-0.25, -0.2) is 13.8 Å². The number of rotatable bonds is 10. The van der Waals surface area contributed by atoms with Gasteiger partial charge in [0.25, 0.3) is 0 Å².